The van der Waals surface area contributed by atoms with Crippen molar-refractivity contribution in [3.05, 3.63) is 5.82 Å². The fourth-order valence-electron chi connectivity index (χ4n) is 2.47. The van der Waals surface area contributed by atoms with Crippen molar-refractivity contribution in [3.63, 3.8) is 0 Å². The maximum atomic E-state index is 4.13. The van der Waals surface area contributed by atoms with Gasteiger partial charge in [0.05, 0.1) is 13.1 Å². The van der Waals surface area contributed by atoms with Crippen molar-refractivity contribution in [2.45, 2.75) is 59.0 Å². The van der Waals surface area contributed by atoms with Gasteiger partial charge in [0.15, 0.2) is 5.82 Å². The molecule has 0 saturated heterocycles. The van der Waals surface area contributed by atoms with E-state index in [2.05, 4.69) is 34.7 Å². The molecular weight excluding hydrogens is 214 g/mol. The Labute approximate surface area is 103 Å². The van der Waals surface area contributed by atoms with Crippen LogP contribution in [0.1, 0.15) is 51.8 Å². The van der Waals surface area contributed by atoms with Gasteiger partial charge in [-0.05, 0) is 48.1 Å². The van der Waals surface area contributed by atoms with E-state index in [9.17, 15) is 0 Å². The van der Waals surface area contributed by atoms with Crippen molar-refractivity contribution in [2.75, 3.05) is 6.54 Å². The summed E-state index contributed by atoms with van der Waals surface area (Å²) in [5.74, 6) is 0.971. The zero-order valence-electron chi connectivity index (χ0n) is 10.9. The summed E-state index contributed by atoms with van der Waals surface area (Å²) < 4.78 is 1.99. The van der Waals surface area contributed by atoms with Crippen molar-refractivity contribution in [2.24, 2.45) is 5.41 Å². The molecule has 1 aliphatic rings. The lowest BCUT2D eigenvalue weighted by atomic mass is 9.67. The van der Waals surface area contributed by atoms with Gasteiger partial charge in [0, 0.05) is 0 Å². The average Bonchev–Trinajstić information content (AvgIpc) is 2.71. The number of rotatable bonds is 7. The van der Waals surface area contributed by atoms with Gasteiger partial charge >= 0.3 is 0 Å². The molecule has 0 aliphatic heterocycles. The van der Waals surface area contributed by atoms with Crippen molar-refractivity contribution in [1.82, 2.24) is 25.5 Å². The molecule has 0 unspecified atom stereocenters. The zero-order chi connectivity index (χ0) is 12.1. The van der Waals surface area contributed by atoms with E-state index in [0.717, 1.165) is 31.9 Å². The highest BCUT2D eigenvalue weighted by Gasteiger charge is 2.36. The lowest BCUT2D eigenvalue weighted by Crippen LogP contribution is -2.35. The molecule has 1 aromatic rings. The first-order valence-electron chi connectivity index (χ1n) is 6.75. The van der Waals surface area contributed by atoms with E-state index in [1.807, 2.05) is 4.68 Å². The Kier molecular flexibility index (Phi) is 4.10. The van der Waals surface area contributed by atoms with Gasteiger partial charge in [0.1, 0.15) is 0 Å². The molecule has 17 heavy (non-hydrogen) atoms. The summed E-state index contributed by atoms with van der Waals surface area (Å²) in [4.78, 5) is 0. The first-order valence-corrected chi connectivity index (χ1v) is 6.75. The molecule has 1 aromatic heterocycles. The lowest BCUT2D eigenvalue weighted by Gasteiger charge is -2.41. The second-order valence-electron chi connectivity index (χ2n) is 5.14. The molecule has 1 saturated carbocycles. The van der Waals surface area contributed by atoms with E-state index in [-0.39, 0.29) is 0 Å². The van der Waals surface area contributed by atoms with E-state index < -0.39 is 0 Å². The third-order valence-electron chi connectivity index (χ3n) is 3.97. The van der Waals surface area contributed by atoms with Crippen LogP contribution >= 0.6 is 0 Å². The summed E-state index contributed by atoms with van der Waals surface area (Å²) in [5.41, 5.74) is 0.467. The third-order valence-corrected chi connectivity index (χ3v) is 3.97. The van der Waals surface area contributed by atoms with Crippen LogP contribution in [-0.2, 0) is 13.1 Å². The Morgan fingerprint density at radius 2 is 2.18 bits per heavy atom. The summed E-state index contributed by atoms with van der Waals surface area (Å²) in [6, 6.07) is 0. The predicted octanol–water partition coefficient (Wildman–Crippen LogP) is 1.75. The van der Waals surface area contributed by atoms with Gasteiger partial charge in [-0.2, -0.15) is 0 Å². The Balaban J connectivity index is 1.93. The van der Waals surface area contributed by atoms with E-state index in [4.69, 9.17) is 0 Å². The minimum atomic E-state index is 0.467. The SMILES string of the molecule is CCCNCc1nnnn1CC1(CC)CCC1. The van der Waals surface area contributed by atoms with Crippen LogP contribution in [0, 0.1) is 5.41 Å². The monoisotopic (exact) mass is 237 g/mol. The molecule has 0 bridgehead atoms. The van der Waals surface area contributed by atoms with E-state index in [1.54, 1.807) is 0 Å². The summed E-state index contributed by atoms with van der Waals surface area (Å²) >= 11 is 0. The first-order chi connectivity index (χ1) is 8.29. The fraction of sp³-hybridized carbons (Fsp3) is 0.917. The van der Waals surface area contributed by atoms with Crippen molar-refractivity contribution in [1.29, 1.82) is 0 Å². The summed E-state index contributed by atoms with van der Waals surface area (Å²) in [6.07, 6.45) is 6.38. The molecule has 0 radical (unpaired) electrons. The molecule has 0 atom stereocenters. The number of aromatic nitrogens is 4. The standard InChI is InChI=1S/C12H23N5/c1-3-8-13-9-11-14-15-16-17(11)10-12(4-2)6-5-7-12/h13H,3-10H2,1-2H3. The van der Waals surface area contributed by atoms with Gasteiger partial charge in [-0.1, -0.05) is 20.3 Å². The van der Waals surface area contributed by atoms with E-state index in [0.29, 0.717) is 5.41 Å². The molecular formula is C12H23N5. The van der Waals surface area contributed by atoms with Crippen LogP contribution in [0.2, 0.25) is 0 Å². The molecule has 0 aromatic carbocycles. The fourth-order valence-corrected chi connectivity index (χ4v) is 2.47. The highest BCUT2D eigenvalue weighted by atomic mass is 15.5. The lowest BCUT2D eigenvalue weighted by molar-refractivity contribution is 0.0924. The summed E-state index contributed by atoms with van der Waals surface area (Å²) in [6.45, 7) is 7.22. The molecule has 1 aliphatic carbocycles. The van der Waals surface area contributed by atoms with Crippen LogP contribution in [0.5, 0.6) is 0 Å². The quantitative estimate of drug-likeness (QED) is 0.734. The van der Waals surface area contributed by atoms with Crippen LogP contribution in [0.4, 0.5) is 0 Å². The minimum absolute atomic E-state index is 0.467. The Hall–Kier alpha value is -0.970. The summed E-state index contributed by atoms with van der Waals surface area (Å²) in [7, 11) is 0. The Bertz CT molecular complexity index is 337. The van der Waals surface area contributed by atoms with Crippen molar-refractivity contribution in [3.8, 4) is 0 Å². The topological polar surface area (TPSA) is 55.6 Å². The minimum Gasteiger partial charge on any atom is -0.310 e. The number of hydrogen-bond donors (Lipinski definition) is 1. The zero-order valence-corrected chi connectivity index (χ0v) is 10.9. The number of hydrogen-bond acceptors (Lipinski definition) is 4. The van der Waals surface area contributed by atoms with Gasteiger partial charge in [0.25, 0.3) is 0 Å². The third kappa shape index (κ3) is 2.83. The largest absolute Gasteiger partial charge is 0.310 e. The van der Waals surface area contributed by atoms with Gasteiger partial charge < -0.3 is 5.32 Å². The molecule has 96 valence electrons. The molecule has 5 heteroatoms. The molecule has 0 amide bonds. The van der Waals surface area contributed by atoms with E-state index >= 15 is 0 Å². The second kappa shape index (κ2) is 5.58. The van der Waals surface area contributed by atoms with Crippen LogP contribution in [0.3, 0.4) is 0 Å². The predicted molar refractivity (Wildman–Crippen MR) is 66.4 cm³/mol. The molecule has 1 heterocycles. The number of tetrazole rings is 1. The smallest absolute Gasteiger partial charge is 0.165 e. The molecule has 0 spiro atoms. The average molecular weight is 237 g/mol. The first kappa shape index (κ1) is 12.5. The Morgan fingerprint density at radius 3 is 2.76 bits per heavy atom. The van der Waals surface area contributed by atoms with Crippen molar-refractivity contribution >= 4 is 0 Å². The van der Waals surface area contributed by atoms with Crippen LogP contribution in [-0.4, -0.2) is 26.8 Å². The maximum absolute atomic E-state index is 4.13. The van der Waals surface area contributed by atoms with Crippen LogP contribution in [0.15, 0.2) is 0 Å². The van der Waals surface area contributed by atoms with Crippen LogP contribution in [0.25, 0.3) is 0 Å². The normalized spacial score (nSPS) is 18.0. The Morgan fingerprint density at radius 1 is 1.35 bits per heavy atom. The van der Waals surface area contributed by atoms with Crippen molar-refractivity contribution < 1.29 is 0 Å². The number of nitrogens with zero attached hydrogens (tertiary/aromatic N) is 4. The molecule has 2 rings (SSSR count). The highest BCUT2D eigenvalue weighted by molar-refractivity contribution is 4.89. The number of nitrogens with one attached hydrogen (secondary N) is 1. The van der Waals surface area contributed by atoms with Gasteiger partial charge in [-0.15, -0.1) is 5.10 Å². The summed E-state index contributed by atoms with van der Waals surface area (Å²) in [5, 5.41) is 15.4. The van der Waals surface area contributed by atoms with E-state index in [1.165, 1.54) is 25.7 Å². The highest BCUT2D eigenvalue weighted by Crippen LogP contribution is 2.44. The second-order valence-corrected chi connectivity index (χ2v) is 5.14. The van der Waals surface area contributed by atoms with Gasteiger partial charge in [0.2, 0.25) is 0 Å². The molecule has 1 fully saturated rings. The van der Waals surface area contributed by atoms with Crippen LogP contribution < -0.4 is 5.32 Å². The van der Waals surface area contributed by atoms with Gasteiger partial charge in [-0.25, -0.2) is 4.68 Å². The molecule has 1 N–H and O–H groups in total. The maximum Gasteiger partial charge on any atom is 0.165 e. The molecule has 5 nitrogen and oxygen atoms in total. The van der Waals surface area contributed by atoms with Gasteiger partial charge in [-0.3, -0.25) is 0 Å².